The van der Waals surface area contributed by atoms with Gasteiger partial charge in [-0.05, 0) is 23.6 Å². The minimum atomic E-state index is 0.457. The van der Waals surface area contributed by atoms with Gasteiger partial charge in [-0.3, -0.25) is 5.10 Å². The van der Waals surface area contributed by atoms with E-state index >= 15 is 0 Å². The van der Waals surface area contributed by atoms with Crippen LogP contribution >= 0.6 is 0 Å². The molecule has 0 aliphatic rings. The fraction of sp³-hybridized carbons (Fsp3) is 0. The molecule has 0 aliphatic heterocycles. The number of nitrogens with zero attached hydrogens (tertiary/aromatic N) is 8. The summed E-state index contributed by atoms with van der Waals surface area (Å²) in [6.45, 7) is 0. The maximum atomic E-state index is 5.11. The number of hydrogen-bond donors (Lipinski definition) is 1. The fourth-order valence-corrected chi connectivity index (χ4v) is 4.27. The van der Waals surface area contributed by atoms with Crippen molar-refractivity contribution >= 4 is 27.3 Å². The number of aromatic nitrogens is 9. The third kappa shape index (κ3) is 2.77. The van der Waals surface area contributed by atoms with E-state index in [1.807, 2.05) is 72.9 Å². The molecule has 0 spiro atoms. The topological polar surface area (TPSA) is 110 Å². The molecule has 0 saturated carbocycles. The van der Waals surface area contributed by atoms with Crippen molar-refractivity contribution in [1.82, 2.24) is 45.0 Å². The minimum absolute atomic E-state index is 0.457. The third-order valence-electron chi connectivity index (χ3n) is 5.77. The van der Waals surface area contributed by atoms with E-state index in [2.05, 4.69) is 25.4 Å². The highest BCUT2D eigenvalue weighted by Crippen LogP contribution is 2.39. The predicted molar refractivity (Wildman–Crippen MR) is 128 cm³/mol. The Hall–Kier alpha value is -5.05. The Kier molecular flexibility index (Phi) is 3.94. The number of aromatic amines is 1. The molecule has 9 heteroatoms. The molecule has 1 N–H and O–H groups in total. The van der Waals surface area contributed by atoms with Crippen LogP contribution in [0.2, 0.25) is 0 Å². The van der Waals surface area contributed by atoms with Gasteiger partial charge in [0.05, 0.1) is 23.0 Å². The van der Waals surface area contributed by atoms with Crippen LogP contribution in [0, 0.1) is 0 Å². The summed E-state index contributed by atoms with van der Waals surface area (Å²) in [6.07, 6.45) is 5.02. The van der Waals surface area contributed by atoms with Gasteiger partial charge in [0.2, 0.25) is 5.82 Å². The first-order valence-electron chi connectivity index (χ1n) is 10.7. The van der Waals surface area contributed by atoms with Gasteiger partial charge in [-0.1, -0.05) is 48.5 Å². The summed E-state index contributed by atoms with van der Waals surface area (Å²) in [5, 5.41) is 23.6. The second kappa shape index (κ2) is 7.24. The van der Waals surface area contributed by atoms with Gasteiger partial charge in [0.1, 0.15) is 11.4 Å². The van der Waals surface area contributed by atoms with Crippen LogP contribution in [-0.2, 0) is 0 Å². The van der Waals surface area contributed by atoms with Crippen LogP contribution < -0.4 is 0 Å². The van der Waals surface area contributed by atoms with Gasteiger partial charge < -0.3 is 0 Å². The number of H-pyrrole nitrogens is 1. The Morgan fingerprint density at radius 2 is 1.50 bits per heavy atom. The highest BCUT2D eigenvalue weighted by Gasteiger charge is 2.24. The average molecular weight is 441 g/mol. The third-order valence-corrected chi connectivity index (χ3v) is 5.77. The Morgan fingerprint density at radius 1 is 0.676 bits per heavy atom. The van der Waals surface area contributed by atoms with E-state index in [0.717, 1.165) is 44.3 Å². The fourth-order valence-electron chi connectivity index (χ4n) is 4.27. The van der Waals surface area contributed by atoms with Crippen molar-refractivity contribution in [1.29, 1.82) is 0 Å². The maximum Gasteiger partial charge on any atom is 0.201 e. The quantitative estimate of drug-likeness (QED) is 0.434. The lowest BCUT2D eigenvalue weighted by molar-refractivity contribution is 0.958. The van der Waals surface area contributed by atoms with Crippen molar-refractivity contribution in [2.24, 2.45) is 0 Å². The monoisotopic (exact) mass is 441 g/mol. The van der Waals surface area contributed by atoms with Crippen LogP contribution in [0.1, 0.15) is 0 Å². The van der Waals surface area contributed by atoms with E-state index in [1.165, 1.54) is 0 Å². The summed E-state index contributed by atoms with van der Waals surface area (Å²) in [4.78, 5) is 14.3. The molecule has 0 fully saturated rings. The molecule has 5 heterocycles. The number of benzene rings is 2. The van der Waals surface area contributed by atoms with E-state index in [1.54, 1.807) is 16.9 Å². The Bertz CT molecular complexity index is 1790. The number of hydrogen-bond acceptors (Lipinski definition) is 7. The van der Waals surface area contributed by atoms with Gasteiger partial charge >= 0.3 is 0 Å². The largest absolute Gasteiger partial charge is 0.277 e. The van der Waals surface area contributed by atoms with Crippen molar-refractivity contribution < 1.29 is 0 Å². The molecule has 0 amide bonds. The molecule has 0 atom stereocenters. The van der Waals surface area contributed by atoms with Crippen molar-refractivity contribution in [2.75, 3.05) is 0 Å². The van der Waals surface area contributed by atoms with Crippen LogP contribution in [-0.4, -0.2) is 45.0 Å². The summed E-state index contributed by atoms with van der Waals surface area (Å²) in [5.74, 6) is 0.930. The number of nitrogens with one attached hydrogen (secondary N) is 1. The molecule has 9 nitrogen and oxygen atoms in total. The molecule has 5 aromatic heterocycles. The lowest BCUT2D eigenvalue weighted by Gasteiger charge is -2.12. The lowest BCUT2D eigenvalue weighted by atomic mass is 9.98. The number of fused-ring (bicyclic) bond motifs is 3. The summed E-state index contributed by atoms with van der Waals surface area (Å²) >= 11 is 0. The predicted octanol–water partition coefficient (Wildman–Crippen LogP) is 4.34. The second-order valence-corrected chi connectivity index (χ2v) is 7.75. The molecule has 2 aromatic carbocycles. The number of para-hydroxylation sites is 1. The first-order valence-corrected chi connectivity index (χ1v) is 10.7. The summed E-state index contributed by atoms with van der Waals surface area (Å²) in [5.41, 5.74) is 4.44. The summed E-state index contributed by atoms with van der Waals surface area (Å²) in [7, 11) is 0. The van der Waals surface area contributed by atoms with E-state index in [-0.39, 0.29) is 0 Å². The van der Waals surface area contributed by atoms with E-state index in [9.17, 15) is 0 Å². The number of pyridine rings is 2. The molecule has 160 valence electrons. The van der Waals surface area contributed by atoms with Crippen LogP contribution in [0.3, 0.4) is 0 Å². The van der Waals surface area contributed by atoms with E-state index in [4.69, 9.17) is 15.1 Å². The minimum Gasteiger partial charge on any atom is -0.277 e. The van der Waals surface area contributed by atoms with Gasteiger partial charge in [-0.2, -0.15) is 10.2 Å². The standard InChI is InChI=1S/C25H15N9/c1-2-8-16-15(7-1)20(24-26-12-13-27-32-24)23(25-28-19-11-5-6-14-34(19)33-25)29-21(16)22-17-9-3-4-10-18(17)30-31-22/h1-14H,(H,30,31). The van der Waals surface area contributed by atoms with Crippen LogP contribution in [0.5, 0.6) is 0 Å². The van der Waals surface area contributed by atoms with Gasteiger partial charge in [0, 0.05) is 23.2 Å². The van der Waals surface area contributed by atoms with Crippen LogP contribution in [0.4, 0.5) is 0 Å². The van der Waals surface area contributed by atoms with E-state index < -0.39 is 0 Å². The molecule has 7 aromatic rings. The Balaban J connectivity index is 1.62. The lowest BCUT2D eigenvalue weighted by Crippen LogP contribution is -2.01. The molecule has 0 saturated heterocycles. The second-order valence-electron chi connectivity index (χ2n) is 7.75. The van der Waals surface area contributed by atoms with Gasteiger partial charge in [-0.15, -0.1) is 10.2 Å². The molecule has 7 rings (SSSR count). The molecule has 0 aliphatic carbocycles. The zero-order valence-electron chi connectivity index (χ0n) is 17.7. The van der Waals surface area contributed by atoms with Gasteiger partial charge in [0.25, 0.3) is 0 Å². The van der Waals surface area contributed by atoms with Crippen molar-refractivity contribution in [2.45, 2.75) is 0 Å². The molecular weight excluding hydrogens is 426 g/mol. The first kappa shape index (κ1) is 18.5. The molecule has 0 radical (unpaired) electrons. The Morgan fingerprint density at radius 3 is 2.35 bits per heavy atom. The SMILES string of the molecule is c1ccc2c(-c3nc(-c4nc5ccccn5n4)c(-c4nccnn4)c4ccccc34)n[nH]c2c1. The smallest absolute Gasteiger partial charge is 0.201 e. The summed E-state index contributed by atoms with van der Waals surface area (Å²) in [6, 6.07) is 21.8. The summed E-state index contributed by atoms with van der Waals surface area (Å²) < 4.78 is 1.73. The normalized spacial score (nSPS) is 11.5. The van der Waals surface area contributed by atoms with E-state index in [0.29, 0.717) is 17.3 Å². The van der Waals surface area contributed by atoms with Crippen LogP contribution in [0.25, 0.3) is 61.6 Å². The van der Waals surface area contributed by atoms with Crippen molar-refractivity contribution in [3.05, 3.63) is 85.3 Å². The molecule has 0 bridgehead atoms. The number of rotatable bonds is 3. The first-order chi connectivity index (χ1) is 16.9. The highest BCUT2D eigenvalue weighted by molar-refractivity contribution is 6.09. The maximum absolute atomic E-state index is 5.11. The zero-order valence-corrected chi connectivity index (χ0v) is 17.7. The van der Waals surface area contributed by atoms with Gasteiger partial charge in [0.15, 0.2) is 11.5 Å². The zero-order chi connectivity index (χ0) is 22.5. The Labute approximate surface area is 192 Å². The van der Waals surface area contributed by atoms with Crippen molar-refractivity contribution in [3.8, 4) is 34.3 Å². The molecule has 34 heavy (non-hydrogen) atoms. The van der Waals surface area contributed by atoms with Crippen LogP contribution in [0.15, 0.2) is 85.3 Å². The van der Waals surface area contributed by atoms with Gasteiger partial charge in [-0.25, -0.2) is 19.5 Å². The highest BCUT2D eigenvalue weighted by atomic mass is 15.3. The molecular formula is C25H15N9. The average Bonchev–Trinajstić information content (AvgIpc) is 3.53. The van der Waals surface area contributed by atoms with Crippen molar-refractivity contribution in [3.63, 3.8) is 0 Å². The molecule has 0 unspecified atom stereocenters.